The number of hydrogen-bond acceptors (Lipinski definition) is 3. The van der Waals surface area contributed by atoms with E-state index in [1.165, 1.54) is 180 Å². The molecule has 3 N–H and O–H groups in total. The van der Waals surface area contributed by atoms with E-state index in [-0.39, 0.29) is 12.5 Å². The number of hydrogen-bond donors (Lipinski definition) is 3. The maximum Gasteiger partial charge on any atom is 0.220 e. The van der Waals surface area contributed by atoms with E-state index in [0.29, 0.717) is 12.8 Å². The summed E-state index contributed by atoms with van der Waals surface area (Å²) in [6.07, 6.45) is 113. The van der Waals surface area contributed by atoms with Crippen LogP contribution in [0.4, 0.5) is 0 Å². The van der Waals surface area contributed by atoms with Gasteiger partial charge in [0.25, 0.3) is 0 Å². The zero-order chi connectivity index (χ0) is 59.8. The Kier molecular flexibility index (Phi) is 69.3. The molecule has 0 radical (unpaired) electrons. The Morgan fingerprint density at radius 2 is 0.530 bits per heavy atom. The van der Waals surface area contributed by atoms with E-state index in [2.05, 4.69) is 165 Å². The quantitative estimate of drug-likeness (QED) is 0.0420. The maximum atomic E-state index is 12.6. The van der Waals surface area contributed by atoms with Gasteiger partial charge in [0.2, 0.25) is 5.91 Å². The summed E-state index contributed by atoms with van der Waals surface area (Å²) in [7, 11) is 0. The molecular formula is C79H135NO3. The lowest BCUT2D eigenvalue weighted by Gasteiger charge is -2.22. The normalized spacial score (nSPS) is 13.6. The lowest BCUT2D eigenvalue weighted by atomic mass is 10.0. The number of aliphatic hydroxyl groups excluding tert-OH is 2. The zero-order valence-electron chi connectivity index (χ0n) is 54.7. The van der Waals surface area contributed by atoms with Crippen molar-refractivity contribution in [1.82, 2.24) is 5.32 Å². The summed E-state index contributed by atoms with van der Waals surface area (Å²) in [6, 6.07) is -0.563. The SMILES string of the molecule is CC/C=C\C/C=C\C/C=C\C/C=C\C/C=C\C/C=C\C/C=C\C/C=C\C/C=C\C/C=C\C/C=C\C/C=C\CCCCCCC(=O)NC(CO)C(O)CCCCCCCCCCCCCCCCCCCCCCCCCCCCCCCC. The number of rotatable bonds is 64. The molecule has 2 unspecified atom stereocenters. The first kappa shape index (κ1) is 79.3. The van der Waals surface area contributed by atoms with E-state index in [1.807, 2.05) is 0 Å². The predicted molar refractivity (Wildman–Crippen MR) is 372 cm³/mol. The lowest BCUT2D eigenvalue weighted by Crippen LogP contribution is -2.45. The number of carbonyl (C=O) groups excluding carboxylic acids is 1. The molecule has 0 aliphatic heterocycles. The Hall–Kier alpha value is -3.73. The van der Waals surface area contributed by atoms with Crippen molar-refractivity contribution in [2.45, 2.75) is 341 Å². The summed E-state index contributed by atoms with van der Waals surface area (Å²) in [4.78, 5) is 12.6. The van der Waals surface area contributed by atoms with E-state index >= 15 is 0 Å². The Labute approximate surface area is 516 Å². The van der Waals surface area contributed by atoms with Gasteiger partial charge in [0, 0.05) is 6.42 Å². The fraction of sp³-hybridized carbons (Fsp3) is 0.684. The lowest BCUT2D eigenvalue weighted by molar-refractivity contribution is -0.123. The third kappa shape index (κ3) is 68.9. The van der Waals surface area contributed by atoms with Crippen molar-refractivity contribution >= 4 is 5.91 Å². The van der Waals surface area contributed by atoms with Crippen molar-refractivity contribution in [3.63, 3.8) is 0 Å². The standard InChI is InChI=1S/C79H135NO3/c1-3-5-7-9-11-13-15-17-19-21-23-25-27-29-31-33-35-36-37-38-39-40-41-42-43-44-45-47-49-51-53-55-57-59-61-63-65-67-69-71-73-75-79(83)80-77(76-81)78(82)74-72-70-68-66-64-62-60-58-56-54-52-50-48-46-34-32-30-28-26-24-22-20-18-16-14-12-10-8-6-4-2/h5,7,11,13,17,19,23,25,29,31,35-36,38-39,41-42,44-45,49,51,55,57,61,63,77-78,81-82H,3-4,6,8-10,12,14-16,18,20-22,24,26-28,30,32-34,37,40,43,46-48,50,52-54,56,58-60,62,64-76H2,1-2H3,(H,80,83)/b7-5-,13-11-,19-17-,25-23-,31-29-,36-35-,39-38-,42-41-,45-44-,51-49-,57-55-,63-61-. The highest BCUT2D eigenvalue weighted by atomic mass is 16.3. The third-order valence-corrected chi connectivity index (χ3v) is 15.6. The fourth-order valence-corrected chi connectivity index (χ4v) is 10.3. The summed E-state index contributed by atoms with van der Waals surface area (Å²) in [5.41, 5.74) is 0. The minimum atomic E-state index is -0.683. The Morgan fingerprint density at radius 3 is 0.795 bits per heavy atom. The predicted octanol–water partition coefficient (Wildman–Crippen LogP) is 24.7. The monoisotopic (exact) mass is 1150 g/mol. The summed E-state index contributed by atoms with van der Waals surface area (Å²) in [5, 5.41) is 23.4. The van der Waals surface area contributed by atoms with Crippen LogP contribution in [0.1, 0.15) is 328 Å². The number of unbranched alkanes of at least 4 members (excludes halogenated alkanes) is 33. The molecule has 0 spiro atoms. The summed E-state index contributed by atoms with van der Waals surface area (Å²) < 4.78 is 0. The smallest absolute Gasteiger partial charge is 0.220 e. The van der Waals surface area contributed by atoms with E-state index in [9.17, 15) is 15.0 Å². The summed E-state index contributed by atoms with van der Waals surface area (Å²) in [5.74, 6) is -0.0574. The Morgan fingerprint density at radius 1 is 0.301 bits per heavy atom. The molecule has 0 rings (SSSR count). The van der Waals surface area contributed by atoms with Gasteiger partial charge in [-0.25, -0.2) is 0 Å². The van der Waals surface area contributed by atoms with Crippen LogP contribution >= 0.6 is 0 Å². The first-order valence-corrected chi connectivity index (χ1v) is 35.5. The first-order valence-electron chi connectivity index (χ1n) is 35.5. The molecule has 4 nitrogen and oxygen atoms in total. The molecule has 2 atom stereocenters. The van der Waals surface area contributed by atoms with Crippen LogP contribution < -0.4 is 5.32 Å². The molecule has 0 aromatic rings. The van der Waals surface area contributed by atoms with Gasteiger partial charge in [-0.3, -0.25) is 4.79 Å². The topological polar surface area (TPSA) is 69.6 Å². The molecule has 0 saturated carbocycles. The van der Waals surface area contributed by atoms with Crippen molar-refractivity contribution in [3.8, 4) is 0 Å². The van der Waals surface area contributed by atoms with Crippen molar-refractivity contribution in [3.05, 3.63) is 146 Å². The average Bonchev–Trinajstić information content (AvgIpc) is 3.51. The molecule has 0 fully saturated rings. The van der Waals surface area contributed by atoms with Crippen LogP contribution in [-0.4, -0.2) is 34.9 Å². The molecule has 0 aromatic heterocycles. The summed E-state index contributed by atoms with van der Waals surface area (Å²) >= 11 is 0. The second kappa shape index (κ2) is 72.5. The van der Waals surface area contributed by atoms with Crippen LogP contribution in [0.15, 0.2) is 146 Å². The van der Waals surface area contributed by atoms with Gasteiger partial charge >= 0.3 is 0 Å². The zero-order valence-corrected chi connectivity index (χ0v) is 54.7. The fourth-order valence-electron chi connectivity index (χ4n) is 10.3. The molecule has 0 aliphatic rings. The molecular weight excluding hydrogens is 1010 g/mol. The van der Waals surface area contributed by atoms with Crippen molar-refractivity contribution in [1.29, 1.82) is 0 Å². The van der Waals surface area contributed by atoms with Crippen LogP contribution in [0.5, 0.6) is 0 Å². The van der Waals surface area contributed by atoms with Crippen molar-refractivity contribution in [2.24, 2.45) is 0 Å². The van der Waals surface area contributed by atoms with E-state index in [4.69, 9.17) is 0 Å². The average molecular weight is 1150 g/mol. The van der Waals surface area contributed by atoms with Crippen LogP contribution in [0.25, 0.3) is 0 Å². The highest BCUT2D eigenvalue weighted by molar-refractivity contribution is 5.76. The van der Waals surface area contributed by atoms with Gasteiger partial charge in [0.1, 0.15) is 0 Å². The highest BCUT2D eigenvalue weighted by Gasteiger charge is 2.20. The molecule has 0 saturated heterocycles. The Balaban J connectivity index is 3.59. The van der Waals surface area contributed by atoms with E-state index in [1.54, 1.807) is 0 Å². The number of aliphatic hydroxyl groups is 2. The van der Waals surface area contributed by atoms with E-state index in [0.717, 1.165) is 122 Å². The molecule has 0 heterocycles. The largest absolute Gasteiger partial charge is 0.394 e. The van der Waals surface area contributed by atoms with Gasteiger partial charge in [-0.2, -0.15) is 0 Å². The van der Waals surface area contributed by atoms with Crippen LogP contribution in [0.2, 0.25) is 0 Å². The van der Waals surface area contributed by atoms with Gasteiger partial charge in [0.15, 0.2) is 0 Å². The van der Waals surface area contributed by atoms with Gasteiger partial charge in [-0.1, -0.05) is 365 Å². The molecule has 474 valence electrons. The molecule has 0 bridgehead atoms. The second-order valence-corrected chi connectivity index (χ2v) is 23.6. The molecule has 1 amide bonds. The van der Waals surface area contributed by atoms with Crippen molar-refractivity contribution in [2.75, 3.05) is 6.61 Å². The molecule has 83 heavy (non-hydrogen) atoms. The number of allylic oxidation sites excluding steroid dienone is 24. The first-order chi connectivity index (χ1) is 41.2. The summed E-state index contributed by atoms with van der Waals surface area (Å²) in [6.45, 7) is 4.25. The number of nitrogens with one attached hydrogen (secondary N) is 1. The second-order valence-electron chi connectivity index (χ2n) is 23.6. The van der Waals surface area contributed by atoms with Crippen molar-refractivity contribution < 1.29 is 15.0 Å². The minimum Gasteiger partial charge on any atom is -0.394 e. The molecule has 4 heteroatoms. The minimum absolute atomic E-state index is 0.0574. The highest BCUT2D eigenvalue weighted by Crippen LogP contribution is 2.18. The number of amides is 1. The van der Waals surface area contributed by atoms with Crippen LogP contribution in [0, 0.1) is 0 Å². The van der Waals surface area contributed by atoms with Gasteiger partial charge in [-0.05, 0) is 103 Å². The number of carbonyl (C=O) groups is 1. The third-order valence-electron chi connectivity index (χ3n) is 15.6. The Bertz CT molecular complexity index is 1680. The van der Waals surface area contributed by atoms with Crippen LogP contribution in [-0.2, 0) is 4.79 Å². The van der Waals surface area contributed by atoms with Gasteiger partial charge < -0.3 is 15.5 Å². The van der Waals surface area contributed by atoms with Crippen LogP contribution in [0.3, 0.4) is 0 Å². The van der Waals surface area contributed by atoms with Gasteiger partial charge in [-0.15, -0.1) is 0 Å². The van der Waals surface area contributed by atoms with Gasteiger partial charge in [0.05, 0.1) is 18.8 Å². The molecule has 0 aromatic carbocycles. The molecule has 0 aliphatic carbocycles. The van der Waals surface area contributed by atoms with E-state index < -0.39 is 12.1 Å². The maximum absolute atomic E-state index is 12.6.